The van der Waals surface area contributed by atoms with E-state index in [9.17, 15) is 0 Å². The first-order chi connectivity index (χ1) is 14.1. The van der Waals surface area contributed by atoms with Gasteiger partial charge in [-0.3, -0.25) is 5.43 Å². The van der Waals surface area contributed by atoms with Crippen LogP contribution in [0.2, 0.25) is 15.1 Å². The molecular weight excluding hydrogens is 427 g/mol. The van der Waals surface area contributed by atoms with Crippen LogP contribution in [0.15, 0.2) is 84.1 Å². The van der Waals surface area contributed by atoms with Gasteiger partial charge in [-0.15, -0.1) is 0 Å². The fourth-order valence-electron chi connectivity index (χ4n) is 2.83. The predicted octanol–water partition coefficient (Wildman–Crippen LogP) is 6.95. The summed E-state index contributed by atoms with van der Waals surface area (Å²) in [5, 5.41) is 10.3. The number of benzene rings is 3. The molecule has 1 heterocycles. The van der Waals surface area contributed by atoms with Crippen LogP contribution in [0.1, 0.15) is 5.56 Å². The Morgan fingerprint density at radius 3 is 2.14 bits per heavy atom. The van der Waals surface area contributed by atoms with Crippen LogP contribution in [-0.2, 0) is 0 Å². The van der Waals surface area contributed by atoms with Crippen molar-refractivity contribution >= 4 is 46.7 Å². The summed E-state index contributed by atoms with van der Waals surface area (Å²) in [6, 6.07) is 23.1. The Hall–Kier alpha value is -2.79. The van der Waals surface area contributed by atoms with Crippen molar-refractivity contribution in [2.24, 2.45) is 5.10 Å². The molecular formula is C22H15Cl3N4. The number of rotatable bonds is 5. The summed E-state index contributed by atoms with van der Waals surface area (Å²) < 4.78 is 1.83. The highest BCUT2D eigenvalue weighted by atomic mass is 35.5. The Morgan fingerprint density at radius 2 is 1.48 bits per heavy atom. The molecule has 0 unspecified atom stereocenters. The van der Waals surface area contributed by atoms with E-state index in [4.69, 9.17) is 39.9 Å². The van der Waals surface area contributed by atoms with Gasteiger partial charge in [-0.2, -0.15) is 10.2 Å². The number of nitrogens with zero attached hydrogens (tertiary/aromatic N) is 3. The SMILES string of the molecule is Clc1cc(Cl)c(N/N=C/c2cn(-c3ccccc3)nc2-c2ccccc2)c(Cl)c1. The molecule has 3 aromatic carbocycles. The minimum atomic E-state index is 0.392. The number of hydrogen-bond acceptors (Lipinski definition) is 3. The average Bonchev–Trinajstić information content (AvgIpc) is 3.15. The second kappa shape index (κ2) is 8.70. The van der Waals surface area contributed by atoms with E-state index in [1.54, 1.807) is 18.3 Å². The normalized spacial score (nSPS) is 11.1. The minimum absolute atomic E-state index is 0.392. The van der Waals surface area contributed by atoms with Crippen LogP contribution in [-0.4, -0.2) is 16.0 Å². The van der Waals surface area contributed by atoms with E-state index >= 15 is 0 Å². The van der Waals surface area contributed by atoms with Gasteiger partial charge < -0.3 is 0 Å². The highest BCUT2D eigenvalue weighted by Gasteiger charge is 2.11. The van der Waals surface area contributed by atoms with Gasteiger partial charge in [-0.1, -0.05) is 83.3 Å². The third-order valence-electron chi connectivity index (χ3n) is 4.20. The topological polar surface area (TPSA) is 42.2 Å². The van der Waals surface area contributed by atoms with Gasteiger partial charge in [0.05, 0.1) is 27.6 Å². The summed E-state index contributed by atoms with van der Waals surface area (Å²) >= 11 is 18.4. The van der Waals surface area contributed by atoms with Gasteiger partial charge in [0.15, 0.2) is 0 Å². The van der Waals surface area contributed by atoms with Crippen LogP contribution in [0, 0.1) is 0 Å². The maximum Gasteiger partial charge on any atom is 0.102 e. The zero-order chi connectivity index (χ0) is 20.2. The number of anilines is 1. The Labute approximate surface area is 183 Å². The number of halogens is 3. The van der Waals surface area contributed by atoms with E-state index in [2.05, 4.69) is 10.5 Å². The molecule has 4 nitrogen and oxygen atoms in total. The van der Waals surface area contributed by atoms with Crippen LogP contribution < -0.4 is 5.43 Å². The van der Waals surface area contributed by atoms with Crippen molar-refractivity contribution < 1.29 is 0 Å². The Kier molecular flexibility index (Phi) is 5.86. The van der Waals surface area contributed by atoms with Crippen LogP contribution in [0.5, 0.6) is 0 Å². The molecule has 0 aliphatic heterocycles. The van der Waals surface area contributed by atoms with E-state index in [0.717, 1.165) is 22.5 Å². The lowest BCUT2D eigenvalue weighted by molar-refractivity contribution is 0.884. The first-order valence-electron chi connectivity index (χ1n) is 8.76. The molecule has 0 atom stereocenters. The molecule has 0 aliphatic carbocycles. The zero-order valence-corrected chi connectivity index (χ0v) is 17.3. The second-order valence-electron chi connectivity index (χ2n) is 6.19. The minimum Gasteiger partial charge on any atom is -0.275 e. The monoisotopic (exact) mass is 440 g/mol. The molecule has 0 saturated heterocycles. The number of para-hydroxylation sites is 1. The van der Waals surface area contributed by atoms with E-state index in [1.165, 1.54) is 0 Å². The lowest BCUT2D eigenvalue weighted by Crippen LogP contribution is -1.93. The van der Waals surface area contributed by atoms with Crippen LogP contribution >= 0.6 is 34.8 Å². The number of aromatic nitrogens is 2. The van der Waals surface area contributed by atoms with Gasteiger partial charge in [0.2, 0.25) is 0 Å². The third-order valence-corrected chi connectivity index (χ3v) is 5.01. The largest absolute Gasteiger partial charge is 0.275 e. The molecule has 1 N–H and O–H groups in total. The fourth-order valence-corrected chi connectivity index (χ4v) is 3.73. The number of hydrazone groups is 1. The molecule has 4 rings (SSSR count). The Bertz CT molecular complexity index is 1130. The number of hydrogen-bond donors (Lipinski definition) is 1. The molecule has 4 aromatic rings. The molecule has 144 valence electrons. The lowest BCUT2D eigenvalue weighted by atomic mass is 10.1. The molecule has 0 amide bonds. The smallest absolute Gasteiger partial charge is 0.102 e. The van der Waals surface area contributed by atoms with Crippen molar-refractivity contribution in [2.45, 2.75) is 0 Å². The van der Waals surface area contributed by atoms with Gasteiger partial charge in [-0.05, 0) is 24.3 Å². The first-order valence-corrected chi connectivity index (χ1v) is 9.89. The summed E-state index contributed by atoms with van der Waals surface area (Å²) in [5.41, 5.74) is 6.99. The lowest BCUT2D eigenvalue weighted by Gasteiger charge is -2.06. The molecule has 0 fully saturated rings. The van der Waals surface area contributed by atoms with E-state index in [0.29, 0.717) is 20.8 Å². The van der Waals surface area contributed by atoms with Gasteiger partial charge in [0, 0.05) is 22.3 Å². The molecule has 0 radical (unpaired) electrons. The Balaban J connectivity index is 1.69. The van der Waals surface area contributed by atoms with Crippen LogP contribution in [0.25, 0.3) is 16.9 Å². The molecule has 0 aliphatic rings. The van der Waals surface area contributed by atoms with Crippen molar-refractivity contribution in [1.82, 2.24) is 9.78 Å². The molecule has 0 saturated carbocycles. The summed E-state index contributed by atoms with van der Waals surface area (Å²) in [7, 11) is 0. The molecule has 1 aromatic heterocycles. The Morgan fingerprint density at radius 1 is 0.862 bits per heavy atom. The van der Waals surface area contributed by atoms with Gasteiger partial charge >= 0.3 is 0 Å². The summed E-state index contributed by atoms with van der Waals surface area (Å²) in [5.74, 6) is 0. The maximum absolute atomic E-state index is 6.21. The number of nitrogens with one attached hydrogen (secondary N) is 1. The molecule has 0 bridgehead atoms. The van der Waals surface area contributed by atoms with Crippen molar-refractivity contribution in [1.29, 1.82) is 0 Å². The van der Waals surface area contributed by atoms with Crippen molar-refractivity contribution in [3.63, 3.8) is 0 Å². The summed E-state index contributed by atoms with van der Waals surface area (Å²) in [4.78, 5) is 0. The van der Waals surface area contributed by atoms with Crippen molar-refractivity contribution in [3.05, 3.63) is 99.6 Å². The fraction of sp³-hybridized carbons (Fsp3) is 0. The van der Waals surface area contributed by atoms with Crippen LogP contribution in [0.4, 0.5) is 5.69 Å². The molecule has 7 heteroatoms. The highest BCUT2D eigenvalue weighted by molar-refractivity contribution is 6.41. The van der Waals surface area contributed by atoms with Crippen molar-refractivity contribution in [2.75, 3.05) is 5.43 Å². The summed E-state index contributed by atoms with van der Waals surface area (Å²) in [6.45, 7) is 0. The van der Waals surface area contributed by atoms with Crippen LogP contribution in [0.3, 0.4) is 0 Å². The standard InChI is InChI=1S/C22H15Cl3N4/c23-17-11-19(24)22(20(25)12-17)27-26-13-16-14-29(18-9-5-2-6-10-18)28-21(16)15-7-3-1-4-8-15/h1-14,27H/b26-13+. The van der Waals surface area contributed by atoms with E-state index in [1.807, 2.05) is 71.5 Å². The van der Waals surface area contributed by atoms with E-state index < -0.39 is 0 Å². The third kappa shape index (κ3) is 4.46. The predicted molar refractivity (Wildman–Crippen MR) is 122 cm³/mol. The molecule has 0 spiro atoms. The van der Waals surface area contributed by atoms with Crippen molar-refractivity contribution in [3.8, 4) is 16.9 Å². The van der Waals surface area contributed by atoms with Gasteiger partial charge in [-0.25, -0.2) is 4.68 Å². The zero-order valence-electron chi connectivity index (χ0n) is 15.1. The maximum atomic E-state index is 6.21. The highest BCUT2D eigenvalue weighted by Crippen LogP contribution is 2.33. The first kappa shape index (κ1) is 19.5. The molecule has 29 heavy (non-hydrogen) atoms. The second-order valence-corrected chi connectivity index (χ2v) is 7.44. The summed E-state index contributed by atoms with van der Waals surface area (Å²) in [6.07, 6.45) is 3.62. The average molecular weight is 442 g/mol. The van der Waals surface area contributed by atoms with Gasteiger partial charge in [0.25, 0.3) is 0 Å². The quantitative estimate of drug-likeness (QED) is 0.269. The van der Waals surface area contributed by atoms with Gasteiger partial charge in [0.1, 0.15) is 5.69 Å². The van der Waals surface area contributed by atoms with E-state index in [-0.39, 0.29) is 0 Å².